The summed E-state index contributed by atoms with van der Waals surface area (Å²) >= 11 is 0. The van der Waals surface area contributed by atoms with Gasteiger partial charge in [-0.2, -0.15) is 0 Å². The summed E-state index contributed by atoms with van der Waals surface area (Å²) in [5.41, 5.74) is 2.29. The van der Waals surface area contributed by atoms with E-state index in [0.717, 1.165) is 37.6 Å². The Hall–Kier alpha value is -1.26. The average molecular weight is 264 g/mol. The zero-order chi connectivity index (χ0) is 13.5. The lowest BCUT2D eigenvalue weighted by Gasteiger charge is -2.25. The van der Waals surface area contributed by atoms with Crippen LogP contribution >= 0.6 is 0 Å². The van der Waals surface area contributed by atoms with Crippen LogP contribution in [0.25, 0.3) is 0 Å². The molecule has 0 radical (unpaired) electrons. The quantitative estimate of drug-likeness (QED) is 0.826. The SMILES string of the molecule is CCN(CCO)c1ccc(NC2CCCOC2)cc1. The third kappa shape index (κ3) is 4.11. The fraction of sp³-hybridized carbons (Fsp3) is 0.600. The Morgan fingerprint density at radius 3 is 2.74 bits per heavy atom. The number of hydrogen-bond donors (Lipinski definition) is 2. The Morgan fingerprint density at radius 2 is 2.16 bits per heavy atom. The van der Waals surface area contributed by atoms with Gasteiger partial charge in [0.05, 0.1) is 13.2 Å². The van der Waals surface area contributed by atoms with Crippen LogP contribution in [0.1, 0.15) is 19.8 Å². The summed E-state index contributed by atoms with van der Waals surface area (Å²) in [6.07, 6.45) is 2.31. The number of rotatable bonds is 6. The van der Waals surface area contributed by atoms with Gasteiger partial charge in [0.25, 0.3) is 0 Å². The van der Waals surface area contributed by atoms with Crippen molar-refractivity contribution in [1.82, 2.24) is 0 Å². The number of nitrogens with one attached hydrogen (secondary N) is 1. The number of hydrogen-bond acceptors (Lipinski definition) is 4. The first-order valence-corrected chi connectivity index (χ1v) is 7.13. The predicted molar refractivity (Wildman–Crippen MR) is 78.9 cm³/mol. The summed E-state index contributed by atoms with van der Waals surface area (Å²) in [7, 11) is 0. The van der Waals surface area contributed by atoms with Crippen molar-refractivity contribution in [3.8, 4) is 0 Å². The maximum Gasteiger partial charge on any atom is 0.0667 e. The second-order valence-corrected chi connectivity index (χ2v) is 4.91. The summed E-state index contributed by atoms with van der Waals surface area (Å²) in [6.45, 7) is 5.56. The summed E-state index contributed by atoms with van der Waals surface area (Å²) < 4.78 is 5.47. The van der Waals surface area contributed by atoms with E-state index in [1.165, 1.54) is 6.42 Å². The van der Waals surface area contributed by atoms with Crippen molar-refractivity contribution in [2.75, 3.05) is 43.1 Å². The molecule has 4 nitrogen and oxygen atoms in total. The number of aliphatic hydroxyl groups excluding tert-OH is 1. The maximum absolute atomic E-state index is 9.03. The monoisotopic (exact) mass is 264 g/mol. The summed E-state index contributed by atoms with van der Waals surface area (Å²) in [6, 6.07) is 8.84. The van der Waals surface area contributed by atoms with Crippen LogP contribution in [0.2, 0.25) is 0 Å². The van der Waals surface area contributed by atoms with Crippen molar-refractivity contribution in [2.24, 2.45) is 0 Å². The Balaban J connectivity index is 1.93. The Labute approximate surface area is 115 Å². The van der Waals surface area contributed by atoms with Crippen molar-refractivity contribution < 1.29 is 9.84 Å². The van der Waals surface area contributed by atoms with Crippen LogP contribution in [-0.4, -0.2) is 44.1 Å². The van der Waals surface area contributed by atoms with Crippen molar-refractivity contribution in [2.45, 2.75) is 25.8 Å². The van der Waals surface area contributed by atoms with Gasteiger partial charge >= 0.3 is 0 Å². The number of ether oxygens (including phenoxy) is 1. The summed E-state index contributed by atoms with van der Waals surface area (Å²) in [5, 5.41) is 12.5. The van der Waals surface area contributed by atoms with Crippen LogP contribution in [0.5, 0.6) is 0 Å². The van der Waals surface area contributed by atoms with Gasteiger partial charge in [-0.1, -0.05) is 0 Å². The number of nitrogens with zero attached hydrogens (tertiary/aromatic N) is 1. The number of benzene rings is 1. The highest BCUT2D eigenvalue weighted by molar-refractivity contribution is 5.55. The fourth-order valence-electron chi connectivity index (χ4n) is 2.45. The standard InChI is InChI=1S/C15H24N2O2/c1-2-17(9-10-18)15-7-5-13(6-8-15)16-14-4-3-11-19-12-14/h5-8,14,16,18H,2-4,9-12H2,1H3. The highest BCUT2D eigenvalue weighted by atomic mass is 16.5. The normalized spacial score (nSPS) is 19.2. The van der Waals surface area contributed by atoms with Crippen LogP contribution in [0.3, 0.4) is 0 Å². The Bertz CT molecular complexity index is 361. The van der Waals surface area contributed by atoms with E-state index in [2.05, 4.69) is 41.4 Å². The molecule has 19 heavy (non-hydrogen) atoms. The zero-order valence-corrected chi connectivity index (χ0v) is 11.6. The third-order valence-corrected chi connectivity index (χ3v) is 3.52. The highest BCUT2D eigenvalue weighted by Crippen LogP contribution is 2.19. The topological polar surface area (TPSA) is 44.7 Å². The number of anilines is 2. The first-order chi connectivity index (χ1) is 9.33. The highest BCUT2D eigenvalue weighted by Gasteiger charge is 2.13. The minimum Gasteiger partial charge on any atom is -0.395 e. The van der Waals surface area contributed by atoms with E-state index in [1.807, 2.05) is 0 Å². The first kappa shape index (κ1) is 14.2. The van der Waals surface area contributed by atoms with Crippen molar-refractivity contribution in [1.29, 1.82) is 0 Å². The van der Waals surface area contributed by atoms with E-state index < -0.39 is 0 Å². The molecule has 0 spiro atoms. The van der Waals surface area contributed by atoms with E-state index in [0.29, 0.717) is 12.6 Å². The minimum absolute atomic E-state index is 0.188. The van der Waals surface area contributed by atoms with Gasteiger partial charge in [-0.05, 0) is 44.0 Å². The van der Waals surface area contributed by atoms with Gasteiger partial charge in [0, 0.05) is 37.1 Å². The fourth-order valence-corrected chi connectivity index (χ4v) is 2.45. The summed E-state index contributed by atoms with van der Waals surface area (Å²) in [4.78, 5) is 2.16. The van der Waals surface area contributed by atoms with Gasteiger partial charge in [0.1, 0.15) is 0 Å². The molecule has 1 saturated heterocycles. The molecular weight excluding hydrogens is 240 g/mol. The van der Waals surface area contributed by atoms with E-state index in [4.69, 9.17) is 9.84 Å². The van der Waals surface area contributed by atoms with Crippen molar-refractivity contribution in [3.63, 3.8) is 0 Å². The van der Waals surface area contributed by atoms with Crippen LogP contribution in [0.15, 0.2) is 24.3 Å². The average Bonchev–Trinajstić information content (AvgIpc) is 2.47. The molecule has 1 aliphatic rings. The van der Waals surface area contributed by atoms with E-state index >= 15 is 0 Å². The van der Waals surface area contributed by atoms with E-state index in [9.17, 15) is 0 Å². The van der Waals surface area contributed by atoms with Gasteiger partial charge in [0.15, 0.2) is 0 Å². The lowest BCUT2D eigenvalue weighted by atomic mass is 10.1. The van der Waals surface area contributed by atoms with E-state index in [1.54, 1.807) is 0 Å². The maximum atomic E-state index is 9.03. The van der Waals surface area contributed by atoms with Crippen molar-refractivity contribution >= 4 is 11.4 Å². The molecule has 0 aliphatic carbocycles. The molecule has 1 unspecified atom stereocenters. The second-order valence-electron chi connectivity index (χ2n) is 4.91. The molecule has 0 saturated carbocycles. The van der Waals surface area contributed by atoms with Crippen LogP contribution in [-0.2, 0) is 4.74 Å². The molecule has 2 N–H and O–H groups in total. The van der Waals surface area contributed by atoms with Gasteiger partial charge in [0.2, 0.25) is 0 Å². The van der Waals surface area contributed by atoms with Crippen LogP contribution in [0.4, 0.5) is 11.4 Å². The Kier molecular flexibility index (Phi) is 5.48. The Morgan fingerprint density at radius 1 is 1.37 bits per heavy atom. The zero-order valence-electron chi connectivity index (χ0n) is 11.6. The number of likely N-dealkylation sites (N-methyl/N-ethyl adjacent to an activating group) is 1. The molecule has 1 aliphatic heterocycles. The van der Waals surface area contributed by atoms with Crippen LogP contribution in [0, 0.1) is 0 Å². The molecule has 1 atom stereocenters. The molecule has 0 amide bonds. The molecule has 1 aromatic carbocycles. The molecule has 2 rings (SSSR count). The van der Waals surface area contributed by atoms with Gasteiger partial charge in [-0.15, -0.1) is 0 Å². The first-order valence-electron chi connectivity index (χ1n) is 7.13. The van der Waals surface area contributed by atoms with Gasteiger partial charge in [-0.3, -0.25) is 0 Å². The third-order valence-electron chi connectivity index (χ3n) is 3.52. The molecule has 106 valence electrons. The van der Waals surface area contributed by atoms with E-state index in [-0.39, 0.29) is 6.61 Å². The largest absolute Gasteiger partial charge is 0.395 e. The predicted octanol–water partition coefficient (Wildman–Crippen LogP) is 2.10. The van der Waals surface area contributed by atoms with Gasteiger partial charge < -0.3 is 20.1 Å². The molecule has 4 heteroatoms. The smallest absolute Gasteiger partial charge is 0.0667 e. The molecule has 1 aromatic rings. The lowest BCUT2D eigenvalue weighted by Crippen LogP contribution is -2.30. The van der Waals surface area contributed by atoms with Gasteiger partial charge in [-0.25, -0.2) is 0 Å². The molecule has 1 fully saturated rings. The molecular formula is C15H24N2O2. The number of aliphatic hydroxyl groups is 1. The molecule has 0 bridgehead atoms. The second kappa shape index (κ2) is 7.36. The summed E-state index contributed by atoms with van der Waals surface area (Å²) in [5.74, 6) is 0. The minimum atomic E-state index is 0.188. The lowest BCUT2D eigenvalue weighted by molar-refractivity contribution is 0.0876. The molecule has 1 heterocycles. The molecule has 0 aromatic heterocycles. The van der Waals surface area contributed by atoms with Crippen molar-refractivity contribution in [3.05, 3.63) is 24.3 Å². The van der Waals surface area contributed by atoms with Crippen LogP contribution < -0.4 is 10.2 Å².